The van der Waals surface area contributed by atoms with E-state index in [9.17, 15) is 0 Å². The van der Waals surface area contributed by atoms with Crippen LogP contribution in [-0.2, 0) is 32.5 Å². The van der Waals surface area contributed by atoms with Gasteiger partial charge in [0.15, 0.2) is 0 Å². The molecule has 2 nitrogen and oxygen atoms in total. The maximum Gasteiger partial charge on any atom is 0.333 e. The Labute approximate surface area is 413 Å². The second-order valence-electron chi connectivity index (χ2n) is 26.2. The molecule has 9 aromatic rings. The zero-order valence-corrected chi connectivity index (χ0v) is 43.9. The Morgan fingerprint density at radius 2 is 1.13 bits per heavy atom. The van der Waals surface area contributed by atoms with Crippen molar-refractivity contribution in [3.05, 3.63) is 148 Å². The molecule has 0 fully saturated rings. The molecule has 0 radical (unpaired) electrons. The van der Waals surface area contributed by atoms with Crippen LogP contribution in [-0.4, -0.2) is 11.4 Å². The largest absolute Gasteiger partial charge is 0.376 e. The van der Waals surface area contributed by atoms with Gasteiger partial charge in [0.1, 0.15) is 0 Å². The highest BCUT2D eigenvalue weighted by Gasteiger charge is 2.52. The van der Waals surface area contributed by atoms with Crippen molar-refractivity contribution in [2.24, 2.45) is 0 Å². The summed E-state index contributed by atoms with van der Waals surface area (Å²) < 4.78 is 5.51. The van der Waals surface area contributed by atoms with Gasteiger partial charge in [0.25, 0.3) is 0 Å². The van der Waals surface area contributed by atoms with Gasteiger partial charge in [-0.3, -0.25) is 0 Å². The van der Waals surface area contributed by atoms with Gasteiger partial charge < -0.3 is 9.38 Å². The maximum atomic E-state index is 2.82. The third-order valence-electron chi connectivity index (χ3n) is 18.8. The summed E-state index contributed by atoms with van der Waals surface area (Å²) in [4.78, 5) is 2.82. The second kappa shape index (κ2) is 13.0. The van der Waals surface area contributed by atoms with Crippen LogP contribution in [0.1, 0.15) is 155 Å². The minimum absolute atomic E-state index is 0.0405. The van der Waals surface area contributed by atoms with Crippen LogP contribution in [0.15, 0.2) is 109 Å². The van der Waals surface area contributed by atoms with Crippen molar-refractivity contribution < 1.29 is 0 Å². The third kappa shape index (κ3) is 5.35. The Bertz CT molecular complexity index is 3800. The molecule has 0 N–H and O–H groups in total. The average Bonchev–Trinajstić information content (AvgIpc) is 3.92. The van der Waals surface area contributed by atoms with Crippen molar-refractivity contribution in [3.63, 3.8) is 0 Å². The summed E-state index contributed by atoms with van der Waals surface area (Å²) >= 11 is 1.95. The number of aromatic nitrogens is 1. The van der Waals surface area contributed by atoms with Gasteiger partial charge in [0.05, 0.1) is 11.0 Å². The number of thiophene rings is 1. The first-order chi connectivity index (χ1) is 32.6. The van der Waals surface area contributed by atoms with E-state index in [1.807, 2.05) is 11.3 Å². The van der Waals surface area contributed by atoms with Crippen molar-refractivity contribution >= 4 is 82.5 Å². The van der Waals surface area contributed by atoms with Crippen molar-refractivity contribution in [3.8, 4) is 27.9 Å². The predicted octanol–water partition coefficient (Wildman–Crippen LogP) is 16.7. The number of hydrogen-bond donors (Lipinski definition) is 0. The molecule has 5 aliphatic rings. The Morgan fingerprint density at radius 1 is 0.522 bits per heavy atom. The van der Waals surface area contributed by atoms with Gasteiger partial charge in [-0.2, -0.15) is 0 Å². The second-order valence-corrected chi connectivity index (χ2v) is 27.3. The van der Waals surface area contributed by atoms with Crippen LogP contribution in [0.3, 0.4) is 0 Å². The summed E-state index contributed by atoms with van der Waals surface area (Å²) in [7, 11) is 0. The van der Waals surface area contributed by atoms with E-state index in [4.69, 9.17) is 0 Å². The monoisotopic (exact) mass is 916 g/mol. The van der Waals surface area contributed by atoms with Crippen LogP contribution in [0.25, 0.3) is 69.9 Å². The lowest BCUT2D eigenvalue weighted by atomic mass is 9.43. The van der Waals surface area contributed by atoms with Gasteiger partial charge in [0.2, 0.25) is 0 Å². The van der Waals surface area contributed by atoms with Crippen LogP contribution in [0.5, 0.6) is 0 Å². The molecule has 14 rings (SSSR count). The highest BCUT2D eigenvalue weighted by atomic mass is 32.1. The van der Waals surface area contributed by atoms with Crippen LogP contribution >= 0.6 is 11.3 Å². The lowest BCUT2D eigenvalue weighted by Gasteiger charge is -2.47. The minimum Gasteiger partial charge on any atom is -0.376 e. The number of nitrogens with zero attached hydrogens (tertiary/aromatic N) is 2. The number of hydrogen-bond acceptors (Lipinski definition) is 2. The molecule has 0 unspecified atom stereocenters. The van der Waals surface area contributed by atoms with Crippen molar-refractivity contribution in [2.45, 2.75) is 148 Å². The van der Waals surface area contributed by atoms with Gasteiger partial charge in [-0.05, 0) is 168 Å². The van der Waals surface area contributed by atoms with Crippen LogP contribution < -0.4 is 15.7 Å². The summed E-state index contributed by atoms with van der Waals surface area (Å²) in [6.07, 6.45) is 4.72. The molecule has 2 aromatic heterocycles. The van der Waals surface area contributed by atoms with Crippen LogP contribution in [0, 0.1) is 0 Å². The van der Waals surface area contributed by atoms with E-state index in [0.717, 1.165) is 0 Å². The fourth-order valence-corrected chi connectivity index (χ4v) is 15.7. The zero-order valence-electron chi connectivity index (χ0n) is 43.1. The molecule has 69 heavy (non-hydrogen) atoms. The van der Waals surface area contributed by atoms with Gasteiger partial charge in [0, 0.05) is 59.0 Å². The number of anilines is 2. The molecule has 0 saturated heterocycles. The zero-order chi connectivity index (χ0) is 47.9. The molecular formula is C65H65BN2S. The molecule has 0 bridgehead atoms. The van der Waals surface area contributed by atoms with Gasteiger partial charge in [-0.1, -0.05) is 151 Å². The minimum atomic E-state index is -0.231. The molecular weight excluding hydrogens is 852 g/mol. The number of rotatable bonds is 1. The third-order valence-corrected chi connectivity index (χ3v) is 19.9. The average molecular weight is 917 g/mol. The Morgan fingerprint density at radius 3 is 1.81 bits per heavy atom. The van der Waals surface area contributed by atoms with E-state index in [1.54, 1.807) is 0 Å². The van der Waals surface area contributed by atoms with E-state index in [-0.39, 0.29) is 39.3 Å². The summed E-state index contributed by atoms with van der Waals surface area (Å²) in [5, 5.41) is 5.59. The molecule has 3 aliphatic carbocycles. The Balaban J connectivity index is 1.25. The summed E-state index contributed by atoms with van der Waals surface area (Å²) in [6.45, 7) is 32.0. The summed E-state index contributed by atoms with van der Waals surface area (Å²) in [5.74, 6) is 0. The van der Waals surface area contributed by atoms with Crippen LogP contribution in [0.4, 0.5) is 11.4 Å². The van der Waals surface area contributed by atoms with E-state index in [1.165, 1.54) is 157 Å². The molecule has 0 atom stereocenters. The van der Waals surface area contributed by atoms with Gasteiger partial charge >= 0.3 is 6.85 Å². The molecule has 7 aromatic carbocycles. The van der Waals surface area contributed by atoms with Gasteiger partial charge in [-0.25, -0.2) is 0 Å². The Hall–Kier alpha value is -5.58. The Kier molecular flexibility index (Phi) is 7.99. The highest BCUT2D eigenvalue weighted by Crippen LogP contribution is 2.61. The molecule has 0 amide bonds. The van der Waals surface area contributed by atoms with E-state index < -0.39 is 0 Å². The predicted molar refractivity (Wildman–Crippen MR) is 300 cm³/mol. The van der Waals surface area contributed by atoms with Crippen molar-refractivity contribution in [1.82, 2.24) is 4.57 Å². The number of benzene rings is 7. The van der Waals surface area contributed by atoms with Gasteiger partial charge in [-0.15, -0.1) is 11.3 Å². The normalized spacial score (nSPS) is 19.4. The van der Waals surface area contributed by atoms with E-state index in [2.05, 4.69) is 209 Å². The first-order valence-corrected chi connectivity index (χ1v) is 26.8. The maximum absolute atomic E-state index is 2.82. The van der Waals surface area contributed by atoms with E-state index in [0.29, 0.717) is 0 Å². The first kappa shape index (κ1) is 42.3. The first-order valence-electron chi connectivity index (χ1n) is 26.0. The lowest BCUT2D eigenvalue weighted by Crippen LogP contribution is -2.61. The molecule has 344 valence electrons. The van der Waals surface area contributed by atoms with E-state index >= 15 is 0 Å². The molecule has 2 aliphatic heterocycles. The topological polar surface area (TPSA) is 8.17 Å². The van der Waals surface area contributed by atoms with Crippen molar-refractivity contribution in [2.75, 3.05) is 4.81 Å². The fraction of sp³-hybridized carbons (Fsp3) is 0.354. The summed E-state index contributed by atoms with van der Waals surface area (Å²) in [6, 6.07) is 44.4. The van der Waals surface area contributed by atoms with Crippen LogP contribution in [0.2, 0.25) is 0 Å². The smallest absolute Gasteiger partial charge is 0.333 e. The standard InChI is InChI=1S/C65H65BN2S/c1-60(2,3)36-22-24-37(25-23-36)68-50-34-47-45(62(6,7)27-29-64(47,10)11)31-42(50)55-54-39-19-14-16-20-43(39)65(12,13)57(54)56-41-30-44-46(63(8,9)28-26-61(44,4)5)33-49(41)67-51-35-53-40(38-18-15-17-21-52(38)69-53)32-48(51)66(68)58(55)59(56)67/h14-25,30-35H,26-29H2,1-13H3. The number of fused-ring (bicyclic) bond motifs is 18. The molecule has 0 spiro atoms. The molecule has 4 heteroatoms. The van der Waals surface area contributed by atoms with Crippen molar-refractivity contribution in [1.29, 1.82) is 0 Å². The fourth-order valence-electron chi connectivity index (χ4n) is 14.6. The highest BCUT2D eigenvalue weighted by molar-refractivity contribution is 7.26. The quantitative estimate of drug-likeness (QED) is 0.149. The molecule has 4 heterocycles. The summed E-state index contributed by atoms with van der Waals surface area (Å²) in [5.41, 5.74) is 25.7. The SMILES string of the molecule is CC(C)(C)c1ccc(N2B3c4cc5c(cc4-n4c6cc7c(cc6c6c8c(c(c3c64)-c3cc4c(cc32)C(C)(C)CCC4(C)C)-c2ccccc2C8(C)C)C(C)(C)CCC7(C)C)sc2ccccc25)cc1. The molecule has 0 saturated carbocycles. The lowest BCUT2D eigenvalue weighted by molar-refractivity contribution is 0.332.